The van der Waals surface area contributed by atoms with Crippen LogP contribution in [0.2, 0.25) is 0 Å². The molecule has 0 aromatic heterocycles. The quantitative estimate of drug-likeness (QED) is 0.499. The first kappa shape index (κ1) is 29.5. The van der Waals surface area contributed by atoms with Crippen LogP contribution in [0.1, 0.15) is 61.8 Å². The molecule has 1 amide bonds. The number of aryl methyl sites for hydroxylation is 1. The number of likely N-dealkylation sites (tertiary alicyclic amines) is 1. The lowest BCUT2D eigenvalue weighted by molar-refractivity contribution is -0.192. The van der Waals surface area contributed by atoms with Crippen LogP contribution in [0.4, 0.5) is 27.6 Å². The Morgan fingerprint density at radius 3 is 2.29 bits per heavy atom. The summed E-state index contributed by atoms with van der Waals surface area (Å²) in [5, 5.41) is 7.12. The molecule has 2 aromatic carbocycles. The van der Waals surface area contributed by atoms with Gasteiger partial charge in [-0.05, 0) is 60.9 Å². The zero-order chi connectivity index (χ0) is 28.0. The normalized spacial score (nSPS) is 18.2. The lowest BCUT2D eigenvalue weighted by Crippen LogP contribution is -2.47. The van der Waals surface area contributed by atoms with Crippen LogP contribution in [0.25, 0.3) is 0 Å². The van der Waals surface area contributed by atoms with Gasteiger partial charge in [0.15, 0.2) is 11.6 Å². The van der Waals surface area contributed by atoms with Crippen molar-refractivity contribution < 1.29 is 36.6 Å². The fourth-order valence-corrected chi connectivity index (χ4v) is 4.96. The second-order valence-corrected chi connectivity index (χ2v) is 9.56. The number of carboxylic acids is 1. The average Bonchev–Trinajstić information content (AvgIpc) is 2.87. The number of anilines is 1. The van der Waals surface area contributed by atoms with E-state index in [1.165, 1.54) is 22.8 Å². The molecule has 11 heteroatoms. The summed E-state index contributed by atoms with van der Waals surface area (Å²) in [5.41, 5.74) is 10.6. The fourth-order valence-electron chi connectivity index (χ4n) is 4.96. The number of aliphatic carboxylic acids is 1. The van der Waals surface area contributed by atoms with E-state index in [9.17, 15) is 26.7 Å². The molecule has 1 aliphatic carbocycles. The van der Waals surface area contributed by atoms with Crippen LogP contribution >= 0.6 is 0 Å². The number of piperidine rings is 1. The molecule has 4 rings (SSSR count). The number of alkyl halides is 3. The molecular weight excluding hydrogens is 509 g/mol. The number of carbonyl (C=O) groups excluding carboxylic acids is 1. The van der Waals surface area contributed by atoms with E-state index in [1.807, 2.05) is 0 Å². The van der Waals surface area contributed by atoms with E-state index < -0.39 is 23.8 Å². The van der Waals surface area contributed by atoms with Crippen LogP contribution in [0.5, 0.6) is 0 Å². The fraction of sp³-hybridized carbons (Fsp3) is 0.481. The SMILES string of the molecule is CCC(=O)N(c1ccc(F)c(F)c1)C1CCN(Cc2ccc3c(c2)CCC[C@H]3N)CC1.O=C(O)C(F)(F)F. The van der Waals surface area contributed by atoms with Gasteiger partial charge in [0.1, 0.15) is 0 Å². The maximum atomic E-state index is 13.8. The number of amides is 1. The summed E-state index contributed by atoms with van der Waals surface area (Å²) in [6.45, 7) is 4.39. The average molecular weight is 542 g/mol. The number of nitrogens with two attached hydrogens (primary N) is 1. The van der Waals surface area contributed by atoms with Crippen molar-refractivity contribution in [1.29, 1.82) is 0 Å². The third-order valence-corrected chi connectivity index (χ3v) is 6.89. The summed E-state index contributed by atoms with van der Waals surface area (Å²) in [5.74, 6) is -4.63. The van der Waals surface area contributed by atoms with E-state index in [-0.39, 0.29) is 18.0 Å². The van der Waals surface area contributed by atoms with Crippen molar-refractivity contribution in [2.45, 2.75) is 70.3 Å². The Labute approximate surface area is 218 Å². The summed E-state index contributed by atoms with van der Waals surface area (Å²) < 4.78 is 58.9. The number of hydrogen-bond acceptors (Lipinski definition) is 4. The summed E-state index contributed by atoms with van der Waals surface area (Å²) in [4.78, 5) is 25.6. The molecule has 0 radical (unpaired) electrons. The van der Waals surface area contributed by atoms with Crippen molar-refractivity contribution >= 4 is 17.6 Å². The summed E-state index contributed by atoms with van der Waals surface area (Å²) in [7, 11) is 0. The van der Waals surface area contributed by atoms with Crippen molar-refractivity contribution in [1.82, 2.24) is 4.90 Å². The topological polar surface area (TPSA) is 86.9 Å². The van der Waals surface area contributed by atoms with E-state index in [1.54, 1.807) is 11.8 Å². The van der Waals surface area contributed by atoms with Gasteiger partial charge in [-0.2, -0.15) is 13.2 Å². The molecule has 0 unspecified atom stereocenters. The van der Waals surface area contributed by atoms with Gasteiger partial charge >= 0.3 is 12.1 Å². The Bertz CT molecular complexity index is 1130. The summed E-state index contributed by atoms with van der Waals surface area (Å²) in [6, 6.07) is 10.5. The number of rotatable bonds is 5. The van der Waals surface area contributed by atoms with Gasteiger partial charge in [0, 0.05) is 49.9 Å². The molecule has 3 N–H and O–H groups in total. The lowest BCUT2D eigenvalue weighted by Gasteiger charge is -2.38. The van der Waals surface area contributed by atoms with E-state index in [4.69, 9.17) is 15.6 Å². The van der Waals surface area contributed by atoms with Gasteiger partial charge in [-0.15, -0.1) is 0 Å². The monoisotopic (exact) mass is 541 g/mol. The van der Waals surface area contributed by atoms with Gasteiger partial charge in [-0.25, -0.2) is 13.6 Å². The molecule has 1 saturated heterocycles. The highest BCUT2D eigenvalue weighted by atomic mass is 19.4. The third kappa shape index (κ3) is 7.50. The predicted octanol–water partition coefficient (Wildman–Crippen LogP) is 5.34. The maximum Gasteiger partial charge on any atom is 0.490 e. The van der Waals surface area contributed by atoms with Crippen LogP contribution in [0.15, 0.2) is 36.4 Å². The molecule has 0 spiro atoms. The molecule has 208 valence electrons. The number of halogens is 5. The molecule has 1 fully saturated rings. The van der Waals surface area contributed by atoms with Crippen LogP contribution < -0.4 is 10.6 Å². The molecule has 0 saturated carbocycles. The first-order valence-electron chi connectivity index (χ1n) is 12.6. The highest BCUT2D eigenvalue weighted by Gasteiger charge is 2.38. The van der Waals surface area contributed by atoms with E-state index >= 15 is 0 Å². The summed E-state index contributed by atoms with van der Waals surface area (Å²) >= 11 is 0. The second-order valence-electron chi connectivity index (χ2n) is 9.56. The molecule has 2 aliphatic rings. The van der Waals surface area contributed by atoms with Gasteiger partial charge in [0.05, 0.1) is 0 Å². The Morgan fingerprint density at radius 1 is 1.05 bits per heavy atom. The van der Waals surface area contributed by atoms with Gasteiger partial charge in [0.25, 0.3) is 0 Å². The maximum absolute atomic E-state index is 13.8. The number of carboxylic acid groups (broad SMARTS) is 1. The Morgan fingerprint density at radius 2 is 1.71 bits per heavy atom. The first-order chi connectivity index (χ1) is 17.9. The Kier molecular flexibility index (Phi) is 9.83. The minimum atomic E-state index is -5.08. The zero-order valence-corrected chi connectivity index (χ0v) is 21.1. The van der Waals surface area contributed by atoms with Crippen molar-refractivity contribution in [2.24, 2.45) is 5.73 Å². The van der Waals surface area contributed by atoms with E-state index in [2.05, 4.69) is 23.1 Å². The minimum absolute atomic E-state index is 0.00454. The minimum Gasteiger partial charge on any atom is -0.475 e. The largest absolute Gasteiger partial charge is 0.490 e. The number of hydrogen-bond donors (Lipinski definition) is 2. The third-order valence-electron chi connectivity index (χ3n) is 6.89. The number of nitrogens with zero attached hydrogens (tertiary/aromatic N) is 2. The van der Waals surface area contributed by atoms with Crippen molar-refractivity contribution in [2.75, 3.05) is 18.0 Å². The molecule has 38 heavy (non-hydrogen) atoms. The van der Waals surface area contributed by atoms with Crippen molar-refractivity contribution in [3.8, 4) is 0 Å². The molecular formula is C27H32F5N3O3. The summed E-state index contributed by atoms with van der Waals surface area (Å²) in [6.07, 6.45) is 0.165. The Hall–Kier alpha value is -3.05. The first-order valence-corrected chi connectivity index (χ1v) is 12.6. The predicted molar refractivity (Wildman–Crippen MR) is 132 cm³/mol. The molecule has 1 atom stereocenters. The number of carbonyl (C=O) groups is 2. The molecule has 1 aliphatic heterocycles. The second kappa shape index (κ2) is 12.7. The van der Waals surface area contributed by atoms with Crippen LogP contribution in [-0.2, 0) is 22.6 Å². The van der Waals surface area contributed by atoms with Gasteiger partial charge in [-0.1, -0.05) is 25.1 Å². The van der Waals surface area contributed by atoms with E-state index in [0.717, 1.165) is 63.9 Å². The van der Waals surface area contributed by atoms with E-state index in [0.29, 0.717) is 12.1 Å². The lowest BCUT2D eigenvalue weighted by atomic mass is 9.87. The zero-order valence-electron chi connectivity index (χ0n) is 21.1. The molecule has 6 nitrogen and oxygen atoms in total. The van der Waals surface area contributed by atoms with Crippen LogP contribution in [0.3, 0.4) is 0 Å². The van der Waals surface area contributed by atoms with Gasteiger partial charge < -0.3 is 15.7 Å². The molecule has 1 heterocycles. The van der Waals surface area contributed by atoms with Crippen LogP contribution in [-0.4, -0.2) is 47.2 Å². The standard InChI is InChI=1S/C25H31F2N3O.C2HF3O2/c1-2-25(31)30(20-7-9-22(26)23(27)15-20)19-10-12-29(13-11-19)16-17-6-8-21-18(14-17)4-3-5-24(21)28;3-2(4,5)1(6)7/h6-9,14-15,19,24H,2-5,10-13,16,28H2,1H3;(H,6,7)/t24-;/m1./s1. The van der Waals surface area contributed by atoms with Gasteiger partial charge in [0.2, 0.25) is 5.91 Å². The molecule has 0 bridgehead atoms. The van der Waals surface area contributed by atoms with Crippen LogP contribution in [0, 0.1) is 11.6 Å². The van der Waals surface area contributed by atoms with Crippen molar-refractivity contribution in [3.63, 3.8) is 0 Å². The number of fused-ring (bicyclic) bond motifs is 1. The van der Waals surface area contributed by atoms with Crippen molar-refractivity contribution in [3.05, 3.63) is 64.7 Å². The highest BCUT2D eigenvalue weighted by molar-refractivity contribution is 5.93. The number of benzene rings is 2. The smallest absolute Gasteiger partial charge is 0.475 e. The Balaban J connectivity index is 0.000000505. The highest BCUT2D eigenvalue weighted by Crippen LogP contribution is 2.30. The molecule has 2 aromatic rings. The van der Waals surface area contributed by atoms with Gasteiger partial charge in [-0.3, -0.25) is 9.69 Å².